The summed E-state index contributed by atoms with van der Waals surface area (Å²) >= 11 is 0. The van der Waals surface area contributed by atoms with Crippen LogP contribution in [0.2, 0.25) is 0 Å². The number of nitrogens with one attached hydrogen (secondary N) is 1. The van der Waals surface area contributed by atoms with Gasteiger partial charge in [0, 0.05) is 0 Å². The van der Waals surface area contributed by atoms with Gasteiger partial charge in [-0.1, -0.05) is 0 Å². The van der Waals surface area contributed by atoms with Crippen LogP contribution < -0.4 is 0 Å². The van der Waals surface area contributed by atoms with Crippen LogP contribution in [0.25, 0.3) is 11.0 Å². The molecular formula is C9H7F3N2. The molecule has 0 aliphatic carbocycles. The molecule has 2 aromatic rings. The largest absolute Gasteiger partial charge is 0.418 e. The van der Waals surface area contributed by atoms with Crippen LogP contribution >= 0.6 is 0 Å². The number of halogens is 3. The number of aromatic amines is 1. The van der Waals surface area contributed by atoms with Gasteiger partial charge in [0.2, 0.25) is 0 Å². The van der Waals surface area contributed by atoms with Crippen LogP contribution in [0.4, 0.5) is 13.2 Å². The molecule has 0 saturated heterocycles. The standard InChI is InChI=1S/C9H7F3N2/c1-5-2-6(9(10,11)12)8-7(3-5)13-4-14-8/h2-4H,1H3,(H,13,14). The van der Waals surface area contributed by atoms with Crippen LogP contribution in [-0.2, 0) is 6.18 Å². The fourth-order valence-electron chi connectivity index (χ4n) is 1.41. The van der Waals surface area contributed by atoms with E-state index in [1.54, 1.807) is 13.0 Å². The summed E-state index contributed by atoms with van der Waals surface area (Å²) in [7, 11) is 0. The van der Waals surface area contributed by atoms with Crippen LogP contribution in [0.15, 0.2) is 18.5 Å². The lowest BCUT2D eigenvalue weighted by molar-refractivity contribution is -0.136. The maximum Gasteiger partial charge on any atom is 0.418 e. The molecule has 1 heterocycles. The van der Waals surface area contributed by atoms with Crippen LogP contribution in [-0.4, -0.2) is 9.97 Å². The van der Waals surface area contributed by atoms with Gasteiger partial charge in [-0.05, 0) is 24.6 Å². The number of aromatic nitrogens is 2. The Kier molecular flexibility index (Phi) is 1.77. The summed E-state index contributed by atoms with van der Waals surface area (Å²) in [5.74, 6) is 0. The second kappa shape index (κ2) is 2.73. The average Bonchev–Trinajstić information content (AvgIpc) is 2.47. The predicted octanol–water partition coefficient (Wildman–Crippen LogP) is 2.89. The first-order chi connectivity index (χ1) is 6.48. The van der Waals surface area contributed by atoms with E-state index >= 15 is 0 Å². The third-order valence-electron chi connectivity index (χ3n) is 1.97. The summed E-state index contributed by atoms with van der Waals surface area (Å²) in [4.78, 5) is 6.31. The molecule has 2 nitrogen and oxygen atoms in total. The Balaban J connectivity index is 2.80. The zero-order valence-corrected chi connectivity index (χ0v) is 7.31. The van der Waals surface area contributed by atoms with Crippen molar-refractivity contribution < 1.29 is 13.2 Å². The number of H-pyrrole nitrogens is 1. The van der Waals surface area contributed by atoms with Crippen LogP contribution in [0.3, 0.4) is 0 Å². The minimum absolute atomic E-state index is 0.0249. The summed E-state index contributed by atoms with van der Waals surface area (Å²) in [6.45, 7) is 1.62. The molecule has 0 amide bonds. The highest BCUT2D eigenvalue weighted by Crippen LogP contribution is 2.34. The molecule has 74 valence electrons. The van der Waals surface area contributed by atoms with E-state index in [0.717, 1.165) is 6.07 Å². The molecule has 1 N–H and O–H groups in total. The SMILES string of the molecule is Cc1cc(C(F)(F)F)c2nc[nH]c2c1. The lowest BCUT2D eigenvalue weighted by atomic mass is 10.1. The number of fused-ring (bicyclic) bond motifs is 1. The predicted molar refractivity (Wildman–Crippen MR) is 45.8 cm³/mol. The fraction of sp³-hybridized carbons (Fsp3) is 0.222. The molecule has 0 bridgehead atoms. The molecule has 1 aromatic heterocycles. The molecular weight excluding hydrogens is 193 g/mol. The van der Waals surface area contributed by atoms with E-state index in [2.05, 4.69) is 9.97 Å². The molecule has 1 aromatic carbocycles. The lowest BCUT2D eigenvalue weighted by Gasteiger charge is -2.07. The van der Waals surface area contributed by atoms with E-state index in [9.17, 15) is 13.2 Å². The van der Waals surface area contributed by atoms with Gasteiger partial charge in [-0.3, -0.25) is 0 Å². The minimum Gasteiger partial charge on any atom is -0.345 e. The van der Waals surface area contributed by atoms with Crippen molar-refractivity contribution in [3.05, 3.63) is 29.6 Å². The van der Waals surface area contributed by atoms with Gasteiger partial charge in [0.05, 0.1) is 17.4 Å². The highest BCUT2D eigenvalue weighted by atomic mass is 19.4. The molecule has 0 aliphatic rings. The highest BCUT2D eigenvalue weighted by Gasteiger charge is 2.33. The summed E-state index contributed by atoms with van der Waals surface area (Å²) in [6, 6.07) is 2.74. The normalized spacial score (nSPS) is 12.3. The Bertz CT molecular complexity index is 470. The van der Waals surface area contributed by atoms with E-state index < -0.39 is 11.7 Å². The zero-order chi connectivity index (χ0) is 10.3. The van der Waals surface area contributed by atoms with E-state index in [0.29, 0.717) is 11.1 Å². The van der Waals surface area contributed by atoms with Crippen LogP contribution in [0.1, 0.15) is 11.1 Å². The lowest BCUT2D eigenvalue weighted by Crippen LogP contribution is -2.06. The van der Waals surface area contributed by atoms with Crippen molar-refractivity contribution in [1.82, 2.24) is 9.97 Å². The van der Waals surface area contributed by atoms with Crippen molar-refractivity contribution in [2.75, 3.05) is 0 Å². The van der Waals surface area contributed by atoms with E-state index in [-0.39, 0.29) is 5.52 Å². The number of benzene rings is 1. The van der Waals surface area contributed by atoms with Crippen LogP contribution in [0, 0.1) is 6.92 Å². The first kappa shape index (κ1) is 9.05. The van der Waals surface area contributed by atoms with Crippen LogP contribution in [0.5, 0.6) is 0 Å². The molecule has 0 unspecified atom stereocenters. The second-order valence-electron chi connectivity index (χ2n) is 3.11. The van der Waals surface area contributed by atoms with E-state index in [1.165, 1.54) is 6.33 Å². The summed E-state index contributed by atoms with van der Waals surface area (Å²) < 4.78 is 37.6. The van der Waals surface area contributed by atoms with Crippen molar-refractivity contribution in [2.45, 2.75) is 13.1 Å². The molecule has 0 fully saturated rings. The first-order valence-corrected chi connectivity index (χ1v) is 3.99. The number of hydrogen-bond donors (Lipinski definition) is 1. The van der Waals surface area contributed by atoms with Gasteiger partial charge in [-0.2, -0.15) is 13.2 Å². The number of nitrogens with zero attached hydrogens (tertiary/aromatic N) is 1. The molecule has 0 atom stereocenters. The number of imidazole rings is 1. The molecule has 0 saturated carbocycles. The van der Waals surface area contributed by atoms with Crippen molar-refractivity contribution in [3.8, 4) is 0 Å². The van der Waals surface area contributed by atoms with Gasteiger partial charge in [0.15, 0.2) is 0 Å². The minimum atomic E-state index is -4.35. The summed E-state index contributed by atoms with van der Waals surface area (Å²) in [6.07, 6.45) is -3.08. The van der Waals surface area contributed by atoms with Gasteiger partial charge in [0.1, 0.15) is 5.52 Å². The quantitative estimate of drug-likeness (QED) is 0.695. The Hall–Kier alpha value is -1.52. The number of hydrogen-bond acceptors (Lipinski definition) is 1. The Morgan fingerprint density at radius 1 is 1.29 bits per heavy atom. The Morgan fingerprint density at radius 2 is 2.00 bits per heavy atom. The molecule has 14 heavy (non-hydrogen) atoms. The van der Waals surface area contributed by atoms with Gasteiger partial charge < -0.3 is 4.98 Å². The maximum absolute atomic E-state index is 12.5. The fourth-order valence-corrected chi connectivity index (χ4v) is 1.41. The zero-order valence-electron chi connectivity index (χ0n) is 7.31. The Morgan fingerprint density at radius 3 is 2.64 bits per heavy atom. The van der Waals surface area contributed by atoms with Gasteiger partial charge in [-0.15, -0.1) is 0 Å². The number of aryl methyl sites for hydroxylation is 1. The van der Waals surface area contributed by atoms with Crippen molar-refractivity contribution in [3.63, 3.8) is 0 Å². The molecule has 0 aliphatic heterocycles. The molecule has 2 rings (SSSR count). The summed E-state index contributed by atoms with van der Waals surface area (Å²) in [5.41, 5.74) is 0.267. The topological polar surface area (TPSA) is 28.7 Å². The van der Waals surface area contributed by atoms with Crippen molar-refractivity contribution in [1.29, 1.82) is 0 Å². The smallest absolute Gasteiger partial charge is 0.345 e. The molecule has 5 heteroatoms. The van der Waals surface area contributed by atoms with Crippen molar-refractivity contribution >= 4 is 11.0 Å². The van der Waals surface area contributed by atoms with Gasteiger partial charge >= 0.3 is 6.18 Å². The Labute approximate surface area is 77.8 Å². The third-order valence-corrected chi connectivity index (χ3v) is 1.97. The van der Waals surface area contributed by atoms with Gasteiger partial charge in [0.25, 0.3) is 0 Å². The maximum atomic E-state index is 12.5. The van der Waals surface area contributed by atoms with Crippen molar-refractivity contribution in [2.24, 2.45) is 0 Å². The number of alkyl halides is 3. The molecule has 0 radical (unpaired) electrons. The van der Waals surface area contributed by atoms with Gasteiger partial charge in [-0.25, -0.2) is 4.98 Å². The monoisotopic (exact) mass is 200 g/mol. The van der Waals surface area contributed by atoms with E-state index in [1.807, 2.05) is 0 Å². The molecule has 0 spiro atoms. The highest BCUT2D eigenvalue weighted by molar-refractivity contribution is 5.79. The number of rotatable bonds is 0. The average molecular weight is 200 g/mol. The summed E-state index contributed by atoms with van der Waals surface area (Å²) in [5, 5.41) is 0. The first-order valence-electron chi connectivity index (χ1n) is 3.99. The second-order valence-corrected chi connectivity index (χ2v) is 3.11. The van der Waals surface area contributed by atoms with E-state index in [4.69, 9.17) is 0 Å². The third kappa shape index (κ3) is 1.34.